The predicted molar refractivity (Wildman–Crippen MR) is 70.7 cm³/mol. The Bertz CT molecular complexity index is 579. The van der Waals surface area contributed by atoms with Crippen LogP contribution in [0, 0.1) is 10.1 Å². The first-order valence-corrected chi connectivity index (χ1v) is 7.46. The van der Waals surface area contributed by atoms with Gasteiger partial charge in [0.15, 0.2) is 9.84 Å². The van der Waals surface area contributed by atoms with Crippen LogP contribution in [0.3, 0.4) is 0 Å². The third-order valence-corrected chi connectivity index (χ3v) is 5.71. The van der Waals surface area contributed by atoms with Crippen LogP contribution in [0.5, 0.6) is 0 Å². The molecule has 1 fully saturated rings. The Hall–Kier alpha value is -1.37. The zero-order valence-electron chi connectivity index (χ0n) is 10.1. The quantitative estimate of drug-likeness (QED) is 0.455. The summed E-state index contributed by atoms with van der Waals surface area (Å²) in [6.45, 7) is 0. The van der Waals surface area contributed by atoms with Gasteiger partial charge in [0.05, 0.1) is 15.1 Å². The summed E-state index contributed by atoms with van der Waals surface area (Å²) < 4.78 is 24.6. The smallest absolute Gasteiger partial charge is 0.258 e. The monoisotopic (exact) mass is 267 g/mol. The molecule has 0 aromatic heterocycles. The summed E-state index contributed by atoms with van der Waals surface area (Å²) in [6, 6.07) is 4.15. The number of benzene rings is 1. The maximum Gasteiger partial charge on any atom is 0.264 e. The molecule has 1 aliphatic rings. The molecule has 0 amide bonds. The van der Waals surface area contributed by atoms with Gasteiger partial charge in [-0.2, -0.15) is 0 Å². The van der Waals surface area contributed by atoms with Gasteiger partial charge in [-0.3, -0.25) is 10.1 Å². The summed E-state index contributed by atoms with van der Waals surface area (Å²) in [5, 5.41) is 10.5. The van der Waals surface area contributed by atoms with E-state index in [2.05, 4.69) is 0 Å². The Morgan fingerprint density at radius 3 is 2.44 bits per heavy atom. The first kappa shape index (κ1) is 13.1. The minimum Gasteiger partial charge on any atom is -0.258 e. The number of hydrogen-bond acceptors (Lipinski definition) is 4. The van der Waals surface area contributed by atoms with E-state index in [0.717, 1.165) is 12.8 Å². The third kappa shape index (κ3) is 2.27. The fourth-order valence-corrected chi connectivity index (χ4v) is 4.23. The molecule has 0 heterocycles. The number of hydrogen-bond donors (Lipinski definition) is 0. The highest BCUT2D eigenvalue weighted by atomic mass is 32.2. The van der Waals surface area contributed by atoms with Crippen LogP contribution in [0.15, 0.2) is 23.1 Å². The van der Waals surface area contributed by atoms with Crippen LogP contribution < -0.4 is 5.46 Å². The van der Waals surface area contributed by atoms with E-state index in [1.165, 1.54) is 18.2 Å². The van der Waals surface area contributed by atoms with Crippen molar-refractivity contribution in [3.05, 3.63) is 28.3 Å². The maximum absolute atomic E-state index is 12.3. The van der Waals surface area contributed by atoms with E-state index in [-0.39, 0.29) is 15.8 Å². The number of nitrogens with zero attached hydrogens (tertiary/aromatic N) is 1. The van der Waals surface area contributed by atoms with Crippen molar-refractivity contribution < 1.29 is 13.3 Å². The zero-order valence-corrected chi connectivity index (χ0v) is 10.9. The fourth-order valence-electron chi connectivity index (χ4n) is 2.35. The highest BCUT2D eigenvalue weighted by Gasteiger charge is 2.31. The lowest BCUT2D eigenvalue weighted by Crippen LogP contribution is -2.19. The van der Waals surface area contributed by atoms with Gasteiger partial charge >= 0.3 is 0 Å². The third-order valence-electron chi connectivity index (χ3n) is 3.45. The second-order valence-corrected chi connectivity index (χ2v) is 6.88. The van der Waals surface area contributed by atoms with Crippen LogP contribution in [0.25, 0.3) is 0 Å². The summed E-state index contributed by atoms with van der Waals surface area (Å²) in [4.78, 5) is 10.4. The lowest BCUT2D eigenvalue weighted by molar-refractivity contribution is -0.383. The van der Waals surface area contributed by atoms with E-state index in [1.807, 2.05) is 0 Å². The summed E-state index contributed by atoms with van der Waals surface area (Å²) >= 11 is 0. The number of nitro benzene ring substituents is 1. The molecule has 1 saturated carbocycles. The van der Waals surface area contributed by atoms with Gasteiger partial charge in [-0.25, -0.2) is 8.42 Å². The first-order valence-electron chi connectivity index (χ1n) is 5.92. The number of sulfone groups is 1. The molecular weight excluding hydrogens is 253 g/mol. The molecule has 0 aliphatic heterocycles. The number of rotatable bonds is 3. The molecule has 0 bridgehead atoms. The summed E-state index contributed by atoms with van der Waals surface area (Å²) in [6.07, 6.45) is 3.14. The van der Waals surface area contributed by atoms with Gasteiger partial charge in [-0.15, -0.1) is 0 Å². The average Bonchev–Trinajstić information content (AvgIpc) is 2.82. The molecule has 18 heavy (non-hydrogen) atoms. The molecule has 0 saturated heterocycles. The Morgan fingerprint density at radius 2 is 1.89 bits per heavy atom. The van der Waals surface area contributed by atoms with Gasteiger partial charge < -0.3 is 0 Å². The van der Waals surface area contributed by atoms with Crippen molar-refractivity contribution in [1.82, 2.24) is 0 Å². The van der Waals surface area contributed by atoms with E-state index in [9.17, 15) is 18.5 Å². The van der Waals surface area contributed by atoms with Crippen molar-refractivity contribution in [2.45, 2.75) is 35.8 Å². The van der Waals surface area contributed by atoms with Crippen LogP contribution in [-0.2, 0) is 9.84 Å². The lowest BCUT2D eigenvalue weighted by Gasteiger charge is -2.11. The Morgan fingerprint density at radius 1 is 1.28 bits per heavy atom. The van der Waals surface area contributed by atoms with Crippen LogP contribution in [-0.4, -0.2) is 26.4 Å². The van der Waals surface area contributed by atoms with Crippen molar-refractivity contribution >= 4 is 28.8 Å². The molecule has 2 rings (SSSR count). The number of nitro groups is 1. The second kappa shape index (κ2) is 4.72. The van der Waals surface area contributed by atoms with E-state index >= 15 is 0 Å². The van der Waals surface area contributed by atoms with Gasteiger partial charge in [0, 0.05) is 6.07 Å². The molecule has 5 nitrogen and oxygen atoms in total. The van der Waals surface area contributed by atoms with Gasteiger partial charge in [0.25, 0.3) is 5.69 Å². The molecule has 1 aromatic carbocycles. The summed E-state index contributed by atoms with van der Waals surface area (Å²) in [5.74, 6) is 0. The molecule has 0 atom stereocenters. The Balaban J connectivity index is 2.45. The van der Waals surface area contributed by atoms with Gasteiger partial charge in [0.1, 0.15) is 7.85 Å². The maximum atomic E-state index is 12.3. The molecule has 0 N–H and O–H groups in total. The Kier molecular flexibility index (Phi) is 3.43. The van der Waals surface area contributed by atoms with Crippen LogP contribution >= 0.6 is 0 Å². The van der Waals surface area contributed by atoms with Crippen LogP contribution in [0.2, 0.25) is 0 Å². The van der Waals surface area contributed by atoms with E-state index < -0.39 is 14.8 Å². The van der Waals surface area contributed by atoms with Crippen LogP contribution in [0.1, 0.15) is 25.7 Å². The molecule has 0 radical (unpaired) electrons. The van der Waals surface area contributed by atoms with Crippen molar-refractivity contribution in [3.8, 4) is 0 Å². The molecule has 1 aliphatic carbocycles. The van der Waals surface area contributed by atoms with Gasteiger partial charge in [-0.05, 0) is 24.4 Å². The van der Waals surface area contributed by atoms with E-state index in [4.69, 9.17) is 0 Å². The van der Waals surface area contributed by atoms with Gasteiger partial charge in [0.2, 0.25) is 0 Å². The summed E-state index contributed by atoms with van der Waals surface area (Å²) in [7, 11) is -1.81. The minimum atomic E-state index is -3.42. The predicted octanol–water partition coefficient (Wildman–Crippen LogP) is 0.569. The second-order valence-electron chi connectivity index (χ2n) is 4.66. The molecule has 7 heteroatoms. The molecule has 96 valence electrons. The van der Waals surface area contributed by atoms with Crippen molar-refractivity contribution in [3.63, 3.8) is 0 Å². The largest absolute Gasteiger partial charge is 0.264 e. The summed E-state index contributed by atoms with van der Waals surface area (Å²) in [5.41, 5.74) is 0.347. The fraction of sp³-hybridized carbons (Fsp3) is 0.455. The van der Waals surface area contributed by atoms with E-state index in [1.54, 1.807) is 7.85 Å². The molecule has 1 aromatic rings. The first-order chi connectivity index (χ1) is 8.43. The SMILES string of the molecule is Bc1ccc(S(=O)(=O)C2CCCC2)cc1[N+](=O)[O-]. The standard InChI is InChI=1S/C11H14BNO4S/c12-10-6-5-9(7-11(10)13(14)15)18(16,17)8-3-1-2-4-8/h5-8H,1-4,12H2. The lowest BCUT2D eigenvalue weighted by atomic mass is 9.94. The molecule has 0 spiro atoms. The highest BCUT2D eigenvalue weighted by molar-refractivity contribution is 7.92. The van der Waals surface area contributed by atoms with Crippen molar-refractivity contribution in [2.75, 3.05) is 0 Å². The zero-order chi connectivity index (χ0) is 13.3. The minimum absolute atomic E-state index is 0.0756. The highest BCUT2D eigenvalue weighted by Crippen LogP contribution is 2.30. The van der Waals surface area contributed by atoms with Gasteiger partial charge in [-0.1, -0.05) is 18.9 Å². The van der Waals surface area contributed by atoms with Crippen molar-refractivity contribution in [2.24, 2.45) is 0 Å². The topological polar surface area (TPSA) is 77.3 Å². The Labute approximate surface area is 107 Å². The average molecular weight is 267 g/mol. The van der Waals surface area contributed by atoms with Crippen molar-refractivity contribution in [1.29, 1.82) is 0 Å². The normalized spacial score (nSPS) is 16.9. The van der Waals surface area contributed by atoms with Crippen LogP contribution in [0.4, 0.5) is 5.69 Å². The van der Waals surface area contributed by atoms with E-state index in [0.29, 0.717) is 18.3 Å². The molecular formula is C11H14BNO4S. The molecule has 0 unspecified atom stereocenters.